The first-order valence-electron chi connectivity index (χ1n) is 8.29. The first-order valence-corrected chi connectivity index (χ1v) is 8.29. The van der Waals surface area contributed by atoms with E-state index in [-0.39, 0.29) is 11.6 Å². The summed E-state index contributed by atoms with van der Waals surface area (Å²) in [7, 11) is 1.63. The minimum atomic E-state index is -0.331. The van der Waals surface area contributed by atoms with Crippen molar-refractivity contribution in [2.75, 3.05) is 7.11 Å². The number of carbonyl (C=O) groups is 1. The molecule has 3 aromatic rings. The molecule has 0 spiro atoms. The maximum Gasteiger partial charge on any atom is 0.210 e. The van der Waals surface area contributed by atoms with Crippen LogP contribution < -0.4 is 4.74 Å². The summed E-state index contributed by atoms with van der Waals surface area (Å²) in [5, 5.41) is 0. The molecule has 0 saturated heterocycles. The summed E-state index contributed by atoms with van der Waals surface area (Å²) < 4.78 is 21.1. The van der Waals surface area contributed by atoms with Crippen LogP contribution in [-0.4, -0.2) is 17.5 Å². The van der Waals surface area contributed by atoms with Gasteiger partial charge in [-0.25, -0.2) is 4.39 Å². The fraction of sp³-hybridized carbons (Fsp3) is 0.190. The molecule has 4 rings (SSSR count). The van der Waals surface area contributed by atoms with Gasteiger partial charge >= 0.3 is 0 Å². The average Bonchev–Trinajstić information content (AvgIpc) is 3.07. The second-order valence-corrected chi connectivity index (χ2v) is 6.18. The fourth-order valence-corrected chi connectivity index (χ4v) is 3.79. The van der Waals surface area contributed by atoms with E-state index in [1.54, 1.807) is 13.2 Å². The smallest absolute Gasteiger partial charge is 0.210 e. The van der Waals surface area contributed by atoms with Gasteiger partial charge in [-0.3, -0.25) is 4.79 Å². The number of ketones is 1. The lowest BCUT2D eigenvalue weighted by molar-refractivity contribution is 0.103. The molecule has 0 radical (unpaired) electrons. The molecular formula is C21H18FNO2. The topological polar surface area (TPSA) is 31.2 Å². The van der Waals surface area contributed by atoms with Crippen LogP contribution in [0.25, 0.3) is 22.3 Å². The Labute approximate surface area is 145 Å². The van der Waals surface area contributed by atoms with Gasteiger partial charge in [0, 0.05) is 28.9 Å². The minimum Gasteiger partial charge on any atom is -0.497 e. The number of benzene rings is 2. The molecule has 0 atom stereocenters. The molecule has 0 amide bonds. The highest BCUT2D eigenvalue weighted by Crippen LogP contribution is 2.46. The van der Waals surface area contributed by atoms with Crippen LogP contribution in [0.5, 0.6) is 5.75 Å². The lowest BCUT2D eigenvalue weighted by atomic mass is 9.97. The maximum absolute atomic E-state index is 13.9. The maximum atomic E-state index is 13.9. The van der Waals surface area contributed by atoms with Gasteiger partial charge in [0.1, 0.15) is 11.6 Å². The lowest BCUT2D eigenvalue weighted by Gasteiger charge is -2.10. The number of nitrogens with zero attached hydrogens (tertiary/aromatic N) is 1. The summed E-state index contributed by atoms with van der Waals surface area (Å²) in [5.41, 5.74) is 5.74. The summed E-state index contributed by atoms with van der Waals surface area (Å²) in [6.45, 7) is 4.71. The zero-order valence-electron chi connectivity index (χ0n) is 14.4. The number of hydrogen-bond donors (Lipinski definition) is 0. The fourth-order valence-electron chi connectivity index (χ4n) is 3.79. The number of methoxy groups -OCH3 is 1. The Kier molecular flexibility index (Phi) is 3.49. The summed E-state index contributed by atoms with van der Waals surface area (Å²) in [4.78, 5) is 12.9. The summed E-state index contributed by atoms with van der Waals surface area (Å²) in [6.07, 6.45) is 0. The molecule has 0 fully saturated rings. The van der Waals surface area contributed by atoms with Crippen LogP contribution in [0.2, 0.25) is 0 Å². The highest BCUT2D eigenvalue weighted by atomic mass is 19.1. The number of aromatic nitrogens is 1. The van der Waals surface area contributed by atoms with E-state index in [0.29, 0.717) is 23.4 Å². The third kappa shape index (κ3) is 2.14. The molecule has 2 aromatic carbocycles. The van der Waals surface area contributed by atoms with Crippen molar-refractivity contribution in [2.24, 2.45) is 0 Å². The molecule has 3 nitrogen and oxygen atoms in total. The average molecular weight is 335 g/mol. The zero-order valence-corrected chi connectivity index (χ0v) is 14.4. The number of rotatable bonds is 3. The molecule has 0 unspecified atom stereocenters. The lowest BCUT2D eigenvalue weighted by Crippen LogP contribution is -2.08. The van der Waals surface area contributed by atoms with Gasteiger partial charge in [-0.1, -0.05) is 12.1 Å². The van der Waals surface area contributed by atoms with Crippen molar-refractivity contribution < 1.29 is 13.9 Å². The molecule has 1 aromatic heterocycles. The first-order chi connectivity index (χ1) is 12.1. The minimum absolute atomic E-state index is 0.0327. The van der Waals surface area contributed by atoms with Gasteiger partial charge in [0.25, 0.3) is 0 Å². The SMILES string of the molecule is CCn1c(C)c(-c2ccc(OC)cc2)c2c1C(=O)c1ccc(F)cc1-2. The van der Waals surface area contributed by atoms with Crippen molar-refractivity contribution in [1.29, 1.82) is 0 Å². The number of halogens is 1. The first kappa shape index (κ1) is 15.6. The van der Waals surface area contributed by atoms with Gasteiger partial charge in [0.05, 0.1) is 12.8 Å². The number of fused-ring (bicyclic) bond motifs is 3. The quantitative estimate of drug-likeness (QED) is 0.536. The molecule has 0 saturated carbocycles. The van der Waals surface area contributed by atoms with E-state index in [4.69, 9.17) is 4.74 Å². The second kappa shape index (κ2) is 5.59. The summed E-state index contributed by atoms with van der Waals surface area (Å²) >= 11 is 0. The van der Waals surface area contributed by atoms with Crippen LogP contribution in [0.4, 0.5) is 4.39 Å². The normalized spacial score (nSPS) is 12.2. The highest BCUT2D eigenvalue weighted by molar-refractivity contribution is 6.23. The van der Waals surface area contributed by atoms with Crippen molar-refractivity contribution in [2.45, 2.75) is 20.4 Å². The molecule has 126 valence electrons. The molecule has 1 aliphatic carbocycles. The molecule has 25 heavy (non-hydrogen) atoms. The zero-order chi connectivity index (χ0) is 17.7. The molecule has 1 aliphatic rings. The van der Waals surface area contributed by atoms with Crippen molar-refractivity contribution in [3.8, 4) is 28.0 Å². The Morgan fingerprint density at radius 2 is 1.76 bits per heavy atom. The van der Waals surface area contributed by atoms with E-state index in [0.717, 1.165) is 28.1 Å². The van der Waals surface area contributed by atoms with Crippen LogP contribution >= 0.6 is 0 Å². The molecule has 0 bridgehead atoms. The summed E-state index contributed by atoms with van der Waals surface area (Å²) in [5.74, 6) is 0.409. The third-order valence-electron chi connectivity index (χ3n) is 4.93. The molecular weight excluding hydrogens is 317 g/mol. The van der Waals surface area contributed by atoms with Crippen molar-refractivity contribution in [1.82, 2.24) is 4.57 Å². The van der Waals surface area contributed by atoms with Gasteiger partial charge in [-0.2, -0.15) is 0 Å². The van der Waals surface area contributed by atoms with Crippen LogP contribution in [0, 0.1) is 12.7 Å². The van der Waals surface area contributed by atoms with Crippen molar-refractivity contribution in [3.05, 3.63) is 65.2 Å². The number of ether oxygens (including phenoxy) is 1. The second-order valence-electron chi connectivity index (χ2n) is 6.18. The summed E-state index contributed by atoms with van der Waals surface area (Å²) in [6, 6.07) is 12.1. The van der Waals surface area contributed by atoms with E-state index in [2.05, 4.69) is 0 Å². The number of carbonyl (C=O) groups excluding carboxylic acids is 1. The van der Waals surface area contributed by atoms with E-state index in [1.807, 2.05) is 42.7 Å². The Balaban J connectivity index is 2.04. The standard InChI is InChI=1S/C21H18FNO2/c1-4-23-12(2)18(13-5-8-15(25-3)9-6-13)19-17-11-14(22)7-10-16(17)21(24)20(19)23/h5-11H,4H2,1-3H3. The van der Waals surface area contributed by atoms with Gasteiger partial charge in [0.15, 0.2) is 0 Å². The van der Waals surface area contributed by atoms with Gasteiger partial charge in [-0.15, -0.1) is 0 Å². The predicted molar refractivity (Wildman–Crippen MR) is 95.7 cm³/mol. The number of hydrogen-bond acceptors (Lipinski definition) is 2. The van der Waals surface area contributed by atoms with Crippen LogP contribution in [0.15, 0.2) is 42.5 Å². The van der Waals surface area contributed by atoms with Gasteiger partial charge in [-0.05, 0) is 55.3 Å². The van der Waals surface area contributed by atoms with E-state index in [1.165, 1.54) is 12.1 Å². The Morgan fingerprint density at radius 3 is 2.40 bits per heavy atom. The largest absolute Gasteiger partial charge is 0.497 e. The third-order valence-corrected chi connectivity index (χ3v) is 4.93. The van der Waals surface area contributed by atoms with Gasteiger partial charge in [0.2, 0.25) is 5.78 Å². The van der Waals surface area contributed by atoms with Crippen molar-refractivity contribution >= 4 is 5.78 Å². The molecule has 4 heteroatoms. The van der Waals surface area contributed by atoms with E-state index < -0.39 is 0 Å². The molecule has 0 aliphatic heterocycles. The van der Waals surface area contributed by atoms with Gasteiger partial charge < -0.3 is 9.30 Å². The Morgan fingerprint density at radius 1 is 1.04 bits per heavy atom. The Bertz CT molecular complexity index is 1000. The molecule has 0 N–H and O–H groups in total. The van der Waals surface area contributed by atoms with E-state index >= 15 is 0 Å². The van der Waals surface area contributed by atoms with E-state index in [9.17, 15) is 9.18 Å². The van der Waals surface area contributed by atoms with Crippen molar-refractivity contribution in [3.63, 3.8) is 0 Å². The Hall–Kier alpha value is -2.88. The van der Waals surface area contributed by atoms with Crippen LogP contribution in [-0.2, 0) is 6.54 Å². The van der Waals surface area contributed by atoms with Crippen LogP contribution in [0.3, 0.4) is 0 Å². The predicted octanol–water partition coefficient (Wildman–Crippen LogP) is 4.84. The molecule has 1 heterocycles. The highest BCUT2D eigenvalue weighted by Gasteiger charge is 2.35. The monoisotopic (exact) mass is 335 g/mol. The van der Waals surface area contributed by atoms with Crippen LogP contribution in [0.1, 0.15) is 28.7 Å².